The van der Waals surface area contributed by atoms with Gasteiger partial charge in [0, 0.05) is 32.3 Å². The van der Waals surface area contributed by atoms with Crippen LogP contribution in [0.3, 0.4) is 0 Å². The molecule has 10 heteroatoms. The van der Waals surface area contributed by atoms with Gasteiger partial charge in [0.15, 0.2) is 11.5 Å². The van der Waals surface area contributed by atoms with E-state index in [2.05, 4.69) is 5.32 Å². The van der Waals surface area contributed by atoms with Gasteiger partial charge in [-0.1, -0.05) is 6.07 Å². The van der Waals surface area contributed by atoms with E-state index in [1.54, 1.807) is 18.0 Å². The molecule has 1 aliphatic heterocycles. The number of carbonyl (C=O) groups is 1. The van der Waals surface area contributed by atoms with Gasteiger partial charge in [-0.3, -0.25) is 14.9 Å². The number of nitro benzene ring substituents is 1. The highest BCUT2D eigenvalue weighted by atomic mass is 16.7. The van der Waals surface area contributed by atoms with Crippen LogP contribution < -0.4 is 19.7 Å². The fourth-order valence-electron chi connectivity index (χ4n) is 3.09. The Balaban J connectivity index is 1.56. The molecule has 0 saturated heterocycles. The number of anilines is 1. The maximum Gasteiger partial charge on any atom is 0.293 e. The number of nitro groups is 1. The highest BCUT2D eigenvalue weighted by Crippen LogP contribution is 2.32. The van der Waals surface area contributed by atoms with Crippen molar-refractivity contribution < 1.29 is 29.0 Å². The van der Waals surface area contributed by atoms with Crippen LogP contribution in [0, 0.1) is 10.1 Å². The molecule has 0 fully saturated rings. The fraction of sp³-hybridized carbons (Fsp3) is 0.350. The number of carbonyl (C=O) groups excluding carboxylic acids is 1. The minimum atomic E-state index is -0.873. The molecule has 1 amide bonds. The van der Waals surface area contributed by atoms with Crippen molar-refractivity contribution in [2.45, 2.75) is 12.7 Å². The first-order chi connectivity index (χ1) is 14.4. The Hall–Kier alpha value is -3.37. The van der Waals surface area contributed by atoms with Crippen LogP contribution in [0.2, 0.25) is 0 Å². The van der Waals surface area contributed by atoms with Crippen LogP contribution in [0.25, 0.3) is 0 Å². The molecule has 0 saturated carbocycles. The maximum atomic E-state index is 11.7. The first-order valence-corrected chi connectivity index (χ1v) is 9.25. The van der Waals surface area contributed by atoms with E-state index < -0.39 is 16.9 Å². The summed E-state index contributed by atoms with van der Waals surface area (Å²) < 4.78 is 16.1. The van der Waals surface area contributed by atoms with Gasteiger partial charge in [-0.15, -0.1) is 0 Å². The first kappa shape index (κ1) is 21.3. The summed E-state index contributed by atoms with van der Waals surface area (Å²) in [6.07, 6.45) is -0.873. The number of likely N-dealkylation sites (N-methyl/N-ethyl adjacent to an activating group) is 1. The van der Waals surface area contributed by atoms with Crippen molar-refractivity contribution in [3.8, 4) is 11.5 Å². The molecule has 0 bridgehead atoms. The average molecular weight is 417 g/mol. The lowest BCUT2D eigenvalue weighted by atomic mass is 10.1. The standard InChI is InChI=1S/C20H23N3O7/c1-21-20(25)14-4-5-16(17(8-14)23(26)27)22(2)9-15(24)11-28-10-13-3-6-18-19(7-13)30-12-29-18/h3-8,15,24H,9-12H2,1-2H3,(H,21,25)/t15-/m1/s1. The summed E-state index contributed by atoms with van der Waals surface area (Å²) in [5.74, 6) is 0.928. The lowest BCUT2D eigenvalue weighted by molar-refractivity contribution is -0.384. The molecular weight excluding hydrogens is 394 g/mol. The molecule has 0 aromatic heterocycles. The van der Waals surface area contributed by atoms with Gasteiger partial charge in [0.05, 0.1) is 24.2 Å². The minimum absolute atomic E-state index is 0.0445. The van der Waals surface area contributed by atoms with Crippen molar-refractivity contribution in [3.05, 3.63) is 57.6 Å². The summed E-state index contributed by atoms with van der Waals surface area (Å²) in [5.41, 5.74) is 1.14. The fourth-order valence-corrected chi connectivity index (χ4v) is 3.09. The molecule has 1 heterocycles. The Labute approximate surface area is 173 Å². The van der Waals surface area contributed by atoms with E-state index in [1.165, 1.54) is 25.2 Å². The van der Waals surface area contributed by atoms with Crippen molar-refractivity contribution in [2.24, 2.45) is 0 Å². The van der Waals surface area contributed by atoms with Crippen molar-refractivity contribution >= 4 is 17.3 Å². The Morgan fingerprint density at radius 2 is 2.07 bits per heavy atom. The van der Waals surface area contributed by atoms with Crippen molar-refractivity contribution in [1.29, 1.82) is 0 Å². The van der Waals surface area contributed by atoms with Gasteiger partial charge in [0.2, 0.25) is 6.79 Å². The molecule has 0 aliphatic carbocycles. The first-order valence-electron chi connectivity index (χ1n) is 9.25. The highest BCUT2D eigenvalue weighted by molar-refractivity contribution is 5.95. The summed E-state index contributed by atoms with van der Waals surface area (Å²) in [6.45, 7) is 0.628. The van der Waals surface area contributed by atoms with Gasteiger partial charge >= 0.3 is 0 Å². The SMILES string of the molecule is CNC(=O)c1ccc(N(C)C[C@@H](O)COCc2ccc3c(c2)OCO3)c([N+](=O)[O-])c1. The Bertz CT molecular complexity index is 935. The van der Waals surface area contributed by atoms with Crippen LogP contribution in [0.4, 0.5) is 11.4 Å². The summed E-state index contributed by atoms with van der Waals surface area (Å²) in [5, 5.41) is 24.1. The minimum Gasteiger partial charge on any atom is -0.454 e. The molecule has 0 unspecified atom stereocenters. The van der Waals surface area contributed by atoms with Crippen LogP contribution in [-0.2, 0) is 11.3 Å². The number of aliphatic hydroxyl groups is 1. The number of hydrogen-bond acceptors (Lipinski definition) is 8. The number of hydrogen-bond donors (Lipinski definition) is 2. The quantitative estimate of drug-likeness (QED) is 0.467. The van der Waals surface area contributed by atoms with Gasteiger partial charge in [0.1, 0.15) is 5.69 Å². The van der Waals surface area contributed by atoms with Gasteiger partial charge < -0.3 is 29.5 Å². The number of fused-ring (bicyclic) bond motifs is 1. The van der Waals surface area contributed by atoms with Crippen molar-refractivity contribution in [1.82, 2.24) is 5.32 Å². The third kappa shape index (κ3) is 4.97. The van der Waals surface area contributed by atoms with Gasteiger partial charge in [-0.05, 0) is 29.8 Å². The third-order valence-corrected chi connectivity index (χ3v) is 4.57. The van der Waals surface area contributed by atoms with Gasteiger partial charge in [-0.25, -0.2) is 0 Å². The molecule has 1 aliphatic rings. The topological polar surface area (TPSA) is 123 Å². The molecule has 3 rings (SSSR count). The van der Waals surface area contributed by atoms with Crippen LogP contribution in [0.5, 0.6) is 11.5 Å². The van der Waals surface area contributed by atoms with Crippen molar-refractivity contribution in [3.63, 3.8) is 0 Å². The zero-order valence-electron chi connectivity index (χ0n) is 16.7. The maximum absolute atomic E-state index is 11.7. The molecule has 10 nitrogen and oxygen atoms in total. The van der Waals surface area contributed by atoms with E-state index in [9.17, 15) is 20.0 Å². The Kier molecular flexibility index (Phi) is 6.70. The monoisotopic (exact) mass is 417 g/mol. The molecular formula is C20H23N3O7. The van der Waals surface area contributed by atoms with Gasteiger partial charge in [-0.2, -0.15) is 0 Å². The lowest BCUT2D eigenvalue weighted by Crippen LogP contribution is -2.32. The van der Waals surface area contributed by atoms with Crippen LogP contribution >= 0.6 is 0 Å². The number of amides is 1. The van der Waals surface area contributed by atoms with E-state index >= 15 is 0 Å². The summed E-state index contributed by atoms with van der Waals surface area (Å²) in [6, 6.07) is 9.67. The largest absolute Gasteiger partial charge is 0.454 e. The molecule has 30 heavy (non-hydrogen) atoms. The Morgan fingerprint density at radius 3 is 2.80 bits per heavy atom. The third-order valence-electron chi connectivity index (χ3n) is 4.57. The molecule has 2 N–H and O–H groups in total. The van der Waals surface area contributed by atoms with Crippen LogP contribution in [0.15, 0.2) is 36.4 Å². The normalized spacial score (nSPS) is 13.0. The predicted molar refractivity (Wildman–Crippen MR) is 108 cm³/mol. The summed E-state index contributed by atoms with van der Waals surface area (Å²) in [4.78, 5) is 24.2. The van der Waals surface area contributed by atoms with Crippen LogP contribution in [-0.4, -0.2) is 56.1 Å². The average Bonchev–Trinajstić information content (AvgIpc) is 3.20. The smallest absolute Gasteiger partial charge is 0.293 e. The number of aliphatic hydroxyl groups excluding tert-OH is 1. The second kappa shape index (κ2) is 9.42. The zero-order chi connectivity index (χ0) is 21.7. The number of ether oxygens (including phenoxy) is 3. The second-order valence-corrected chi connectivity index (χ2v) is 6.78. The molecule has 1 atom stereocenters. The Morgan fingerprint density at radius 1 is 1.30 bits per heavy atom. The lowest BCUT2D eigenvalue weighted by Gasteiger charge is -2.22. The summed E-state index contributed by atoms with van der Waals surface area (Å²) in [7, 11) is 3.08. The molecule has 0 spiro atoms. The predicted octanol–water partition coefficient (Wildman–Crippen LogP) is 1.70. The number of rotatable bonds is 9. The number of nitrogens with zero attached hydrogens (tertiary/aromatic N) is 2. The molecule has 2 aromatic rings. The summed E-state index contributed by atoms with van der Waals surface area (Å²) >= 11 is 0. The zero-order valence-corrected chi connectivity index (χ0v) is 16.7. The molecule has 160 valence electrons. The van der Waals surface area contributed by atoms with Crippen molar-refractivity contribution in [2.75, 3.05) is 38.9 Å². The number of nitrogens with one attached hydrogen (secondary N) is 1. The van der Waals surface area contributed by atoms with E-state index in [4.69, 9.17) is 14.2 Å². The van der Waals surface area contributed by atoms with Gasteiger partial charge in [0.25, 0.3) is 11.6 Å². The van der Waals surface area contributed by atoms with Crippen LogP contribution in [0.1, 0.15) is 15.9 Å². The molecule has 2 aromatic carbocycles. The van der Waals surface area contributed by atoms with E-state index in [1.807, 2.05) is 12.1 Å². The van der Waals surface area contributed by atoms with E-state index in [0.717, 1.165) is 5.56 Å². The van der Waals surface area contributed by atoms with E-state index in [-0.39, 0.29) is 37.8 Å². The molecule has 0 radical (unpaired) electrons. The van der Waals surface area contributed by atoms with E-state index in [0.29, 0.717) is 17.2 Å². The number of benzene rings is 2. The highest BCUT2D eigenvalue weighted by Gasteiger charge is 2.21. The second-order valence-electron chi connectivity index (χ2n) is 6.78.